The zero-order chi connectivity index (χ0) is 18.4. The van der Waals surface area contributed by atoms with Crippen molar-refractivity contribution in [2.24, 2.45) is 0 Å². The Bertz CT molecular complexity index is 859. The van der Waals surface area contributed by atoms with Crippen molar-refractivity contribution < 1.29 is 4.79 Å². The first kappa shape index (κ1) is 17.8. The molecule has 1 atom stereocenters. The molecule has 0 saturated carbocycles. The van der Waals surface area contributed by atoms with Crippen LogP contribution < -0.4 is 5.32 Å². The van der Waals surface area contributed by atoms with E-state index in [4.69, 9.17) is 0 Å². The Balaban J connectivity index is 1.58. The van der Waals surface area contributed by atoms with Crippen LogP contribution in [0.15, 0.2) is 54.6 Å². The fourth-order valence-corrected chi connectivity index (χ4v) is 2.89. The average Bonchev–Trinajstić information content (AvgIpc) is 3.11. The van der Waals surface area contributed by atoms with Crippen molar-refractivity contribution in [2.75, 3.05) is 6.54 Å². The molecule has 0 aliphatic heterocycles. The monoisotopic (exact) mass is 349 g/mol. The molecule has 1 aromatic heterocycles. The number of hydrogen-bond acceptors (Lipinski definition) is 4. The van der Waals surface area contributed by atoms with Gasteiger partial charge in [0.2, 0.25) is 11.7 Å². The molecule has 6 heteroatoms. The van der Waals surface area contributed by atoms with Crippen molar-refractivity contribution in [3.8, 4) is 11.4 Å². The third kappa shape index (κ3) is 4.33. The highest BCUT2D eigenvalue weighted by atomic mass is 16.2. The van der Waals surface area contributed by atoms with E-state index in [0.29, 0.717) is 18.3 Å². The van der Waals surface area contributed by atoms with E-state index in [1.54, 1.807) is 0 Å². The molecule has 0 fully saturated rings. The minimum Gasteiger partial charge on any atom is -0.354 e. The molecule has 1 N–H and O–H groups in total. The van der Waals surface area contributed by atoms with Crippen LogP contribution in [0.3, 0.4) is 0 Å². The molecule has 0 aliphatic carbocycles. The van der Waals surface area contributed by atoms with Crippen LogP contribution in [0.1, 0.15) is 30.4 Å². The van der Waals surface area contributed by atoms with Gasteiger partial charge in [-0.3, -0.25) is 4.79 Å². The smallest absolute Gasteiger partial charge is 0.243 e. The van der Waals surface area contributed by atoms with Crippen LogP contribution in [0.25, 0.3) is 11.4 Å². The van der Waals surface area contributed by atoms with Gasteiger partial charge in [-0.05, 0) is 29.7 Å². The molecule has 2 aromatic carbocycles. The lowest BCUT2D eigenvalue weighted by Crippen LogP contribution is -2.32. The minimum absolute atomic E-state index is 0.0596. The van der Waals surface area contributed by atoms with E-state index in [1.165, 1.54) is 10.4 Å². The van der Waals surface area contributed by atoms with Crippen molar-refractivity contribution in [3.63, 3.8) is 0 Å². The summed E-state index contributed by atoms with van der Waals surface area (Å²) < 4.78 is 0. The summed E-state index contributed by atoms with van der Waals surface area (Å²) >= 11 is 0. The van der Waals surface area contributed by atoms with Gasteiger partial charge in [-0.2, -0.15) is 4.80 Å². The second kappa shape index (κ2) is 8.38. The van der Waals surface area contributed by atoms with Crippen molar-refractivity contribution in [1.29, 1.82) is 0 Å². The molecule has 26 heavy (non-hydrogen) atoms. The molecule has 0 aliphatic rings. The maximum Gasteiger partial charge on any atom is 0.243 e. The van der Waals surface area contributed by atoms with Crippen LogP contribution in [-0.4, -0.2) is 32.7 Å². The van der Waals surface area contributed by atoms with Crippen LogP contribution in [0.4, 0.5) is 0 Å². The first-order valence-electron chi connectivity index (χ1n) is 8.82. The van der Waals surface area contributed by atoms with Gasteiger partial charge in [0.05, 0.1) is 0 Å². The highest BCUT2D eigenvalue weighted by Crippen LogP contribution is 2.18. The summed E-state index contributed by atoms with van der Waals surface area (Å²) in [5, 5.41) is 15.3. The molecule has 0 bridgehead atoms. The molecule has 1 amide bonds. The fraction of sp³-hybridized carbons (Fsp3) is 0.300. The fourth-order valence-electron chi connectivity index (χ4n) is 2.89. The topological polar surface area (TPSA) is 72.7 Å². The lowest BCUT2D eigenvalue weighted by Gasteiger charge is -2.16. The molecular formula is C20H23N5O. The number of amides is 1. The number of nitrogens with one attached hydrogen (secondary N) is 1. The van der Waals surface area contributed by atoms with Gasteiger partial charge in [-0.25, -0.2) is 0 Å². The second-order valence-electron chi connectivity index (χ2n) is 6.28. The lowest BCUT2D eigenvalue weighted by atomic mass is 9.96. The summed E-state index contributed by atoms with van der Waals surface area (Å²) in [6.45, 7) is 4.78. The highest BCUT2D eigenvalue weighted by Gasteiger charge is 2.13. The zero-order valence-electron chi connectivity index (χ0n) is 15.1. The molecule has 0 radical (unpaired) electrons. The molecule has 0 saturated heterocycles. The number of carbonyl (C=O) groups is 1. The first-order valence-corrected chi connectivity index (χ1v) is 8.82. The molecular weight excluding hydrogens is 326 g/mol. The number of nitrogens with zero attached hydrogens (tertiary/aromatic N) is 4. The van der Waals surface area contributed by atoms with Crippen LogP contribution >= 0.6 is 0 Å². The molecule has 0 unspecified atom stereocenters. The van der Waals surface area contributed by atoms with Crippen molar-refractivity contribution >= 4 is 5.91 Å². The zero-order valence-corrected chi connectivity index (χ0v) is 15.1. The summed E-state index contributed by atoms with van der Waals surface area (Å²) in [4.78, 5) is 13.6. The minimum atomic E-state index is -0.117. The van der Waals surface area contributed by atoms with Crippen molar-refractivity contribution in [3.05, 3.63) is 65.7 Å². The van der Waals surface area contributed by atoms with Gasteiger partial charge < -0.3 is 5.32 Å². The number of rotatable bonds is 7. The van der Waals surface area contributed by atoms with E-state index in [1.807, 2.05) is 49.4 Å². The number of aromatic nitrogens is 4. The van der Waals surface area contributed by atoms with Gasteiger partial charge in [-0.1, -0.05) is 61.5 Å². The Morgan fingerprint density at radius 1 is 1.12 bits per heavy atom. The second-order valence-corrected chi connectivity index (χ2v) is 6.28. The number of hydrogen-bond donors (Lipinski definition) is 1. The summed E-state index contributed by atoms with van der Waals surface area (Å²) in [5.74, 6) is 0.714. The molecule has 3 aromatic rings. The SMILES string of the molecule is CC[C@H](CNC(=O)Cn1nnc(-c2ccccc2C)n1)c1ccccc1. The lowest BCUT2D eigenvalue weighted by molar-refractivity contribution is -0.122. The van der Waals surface area contributed by atoms with Crippen LogP contribution in [-0.2, 0) is 11.3 Å². The first-order chi connectivity index (χ1) is 12.7. The third-order valence-electron chi connectivity index (χ3n) is 4.43. The van der Waals surface area contributed by atoms with E-state index in [-0.39, 0.29) is 12.5 Å². The van der Waals surface area contributed by atoms with E-state index in [0.717, 1.165) is 17.5 Å². The number of carbonyl (C=O) groups excluding carboxylic acids is 1. The predicted molar refractivity (Wildman–Crippen MR) is 100 cm³/mol. The Labute approximate surface area is 153 Å². The van der Waals surface area contributed by atoms with E-state index in [2.05, 4.69) is 39.8 Å². The van der Waals surface area contributed by atoms with E-state index < -0.39 is 0 Å². The normalized spacial score (nSPS) is 11.9. The Kier molecular flexibility index (Phi) is 5.73. The average molecular weight is 349 g/mol. The molecule has 134 valence electrons. The molecule has 3 rings (SSSR count). The van der Waals surface area contributed by atoms with Gasteiger partial charge in [0.15, 0.2) is 0 Å². The number of tetrazole rings is 1. The molecule has 0 spiro atoms. The maximum atomic E-state index is 12.2. The van der Waals surface area contributed by atoms with E-state index >= 15 is 0 Å². The van der Waals surface area contributed by atoms with Gasteiger partial charge >= 0.3 is 0 Å². The van der Waals surface area contributed by atoms with Crippen molar-refractivity contribution in [2.45, 2.75) is 32.7 Å². The molecule has 1 heterocycles. The Morgan fingerprint density at radius 3 is 2.58 bits per heavy atom. The summed E-state index contributed by atoms with van der Waals surface area (Å²) in [6.07, 6.45) is 0.962. The Hall–Kier alpha value is -3.02. The van der Waals surface area contributed by atoms with Crippen LogP contribution in [0.5, 0.6) is 0 Å². The maximum absolute atomic E-state index is 12.2. The van der Waals surface area contributed by atoms with Gasteiger partial charge in [0.25, 0.3) is 0 Å². The quantitative estimate of drug-likeness (QED) is 0.712. The molecule has 6 nitrogen and oxygen atoms in total. The van der Waals surface area contributed by atoms with Gasteiger partial charge in [-0.15, -0.1) is 10.2 Å². The predicted octanol–water partition coefficient (Wildman–Crippen LogP) is 2.96. The summed E-state index contributed by atoms with van der Waals surface area (Å²) in [7, 11) is 0. The number of aryl methyl sites for hydroxylation is 1. The standard InChI is InChI=1S/C20H23N5O/c1-3-16(17-10-5-4-6-11-17)13-21-19(26)14-25-23-20(22-24-25)18-12-8-7-9-15(18)2/h4-12,16H,3,13-14H2,1-2H3,(H,21,26)/t16-/m1/s1. The summed E-state index contributed by atoms with van der Waals surface area (Å²) in [6, 6.07) is 18.1. The van der Waals surface area contributed by atoms with Gasteiger partial charge in [0.1, 0.15) is 6.54 Å². The van der Waals surface area contributed by atoms with E-state index in [9.17, 15) is 4.79 Å². The summed E-state index contributed by atoms with van der Waals surface area (Å²) in [5.41, 5.74) is 3.23. The van der Waals surface area contributed by atoms with Gasteiger partial charge in [0, 0.05) is 18.0 Å². The highest BCUT2D eigenvalue weighted by molar-refractivity contribution is 5.75. The van der Waals surface area contributed by atoms with Crippen LogP contribution in [0.2, 0.25) is 0 Å². The number of benzene rings is 2. The third-order valence-corrected chi connectivity index (χ3v) is 4.43. The van der Waals surface area contributed by atoms with Crippen LogP contribution in [0, 0.1) is 6.92 Å². The Morgan fingerprint density at radius 2 is 1.85 bits per heavy atom. The van der Waals surface area contributed by atoms with Crippen molar-refractivity contribution in [1.82, 2.24) is 25.5 Å². The largest absolute Gasteiger partial charge is 0.354 e.